The monoisotopic (exact) mass is 217 g/mol. The Morgan fingerprint density at radius 3 is 2.80 bits per heavy atom. The van der Waals surface area contributed by atoms with Gasteiger partial charge in [-0.2, -0.15) is 0 Å². The van der Waals surface area contributed by atoms with Crippen LogP contribution in [-0.2, 0) is 6.42 Å². The zero-order valence-corrected chi connectivity index (χ0v) is 9.63. The molecule has 1 aromatic carbocycles. The summed E-state index contributed by atoms with van der Waals surface area (Å²) in [5, 5.41) is 2.10. The molecule has 1 heterocycles. The average molecular weight is 217 g/mol. The predicted molar refractivity (Wildman–Crippen MR) is 67.1 cm³/mol. The van der Waals surface area contributed by atoms with E-state index in [9.17, 15) is 0 Å². The molecule has 0 radical (unpaired) electrons. The van der Waals surface area contributed by atoms with E-state index in [1.807, 2.05) is 6.92 Å². The first-order valence-corrected chi connectivity index (χ1v) is 6.02. The molecule has 2 N–H and O–H groups in total. The zero-order valence-electron chi connectivity index (χ0n) is 8.81. The molecule has 0 aliphatic carbocycles. The summed E-state index contributed by atoms with van der Waals surface area (Å²) in [7, 11) is 0. The van der Waals surface area contributed by atoms with Crippen LogP contribution in [0.3, 0.4) is 0 Å². The van der Waals surface area contributed by atoms with E-state index < -0.39 is 0 Å². The molecular weight excluding hydrogens is 202 g/mol. The zero-order chi connectivity index (χ0) is 10.7. The normalized spacial score (nSPS) is 12.7. The molecule has 1 atom stereocenters. The largest absolute Gasteiger partial charge is 0.328 e. The standard InChI is InChI=1S/C13H15NS/c1-10(14)8-11-4-2-5-12(9-11)13-6-3-7-15-13/h2-7,9-10H,8,14H2,1H3. The summed E-state index contributed by atoms with van der Waals surface area (Å²) in [5.41, 5.74) is 8.41. The lowest BCUT2D eigenvalue weighted by Gasteiger charge is -2.06. The second-order valence-corrected chi connectivity index (χ2v) is 4.81. The minimum atomic E-state index is 0.226. The first-order valence-electron chi connectivity index (χ1n) is 5.14. The lowest BCUT2D eigenvalue weighted by molar-refractivity contribution is 0.738. The van der Waals surface area contributed by atoms with E-state index in [1.54, 1.807) is 11.3 Å². The molecule has 0 bridgehead atoms. The van der Waals surface area contributed by atoms with E-state index in [0.29, 0.717) is 0 Å². The molecule has 0 saturated heterocycles. The van der Waals surface area contributed by atoms with E-state index in [1.165, 1.54) is 16.0 Å². The fourth-order valence-corrected chi connectivity index (χ4v) is 2.39. The van der Waals surface area contributed by atoms with Gasteiger partial charge in [0.1, 0.15) is 0 Å². The van der Waals surface area contributed by atoms with Crippen molar-refractivity contribution in [1.82, 2.24) is 0 Å². The Balaban J connectivity index is 2.27. The van der Waals surface area contributed by atoms with Crippen molar-refractivity contribution in [2.24, 2.45) is 5.73 Å². The van der Waals surface area contributed by atoms with Gasteiger partial charge in [-0.1, -0.05) is 30.3 Å². The van der Waals surface area contributed by atoms with Crippen LogP contribution in [0, 0.1) is 0 Å². The average Bonchev–Trinajstić information content (AvgIpc) is 2.69. The third kappa shape index (κ3) is 2.67. The van der Waals surface area contributed by atoms with E-state index in [-0.39, 0.29) is 6.04 Å². The molecule has 0 fully saturated rings. The van der Waals surface area contributed by atoms with Crippen LogP contribution in [-0.4, -0.2) is 6.04 Å². The molecule has 0 aliphatic rings. The summed E-state index contributed by atoms with van der Waals surface area (Å²) in [5.74, 6) is 0. The van der Waals surface area contributed by atoms with Crippen molar-refractivity contribution < 1.29 is 0 Å². The summed E-state index contributed by atoms with van der Waals surface area (Å²) < 4.78 is 0. The molecule has 0 amide bonds. The summed E-state index contributed by atoms with van der Waals surface area (Å²) >= 11 is 1.77. The Hall–Kier alpha value is -1.12. The Kier molecular flexibility index (Phi) is 3.19. The summed E-state index contributed by atoms with van der Waals surface area (Å²) in [6.45, 7) is 2.04. The van der Waals surface area contributed by atoms with E-state index in [2.05, 4.69) is 41.8 Å². The van der Waals surface area contributed by atoms with Gasteiger partial charge in [0.2, 0.25) is 0 Å². The number of hydrogen-bond acceptors (Lipinski definition) is 2. The highest BCUT2D eigenvalue weighted by atomic mass is 32.1. The Morgan fingerprint density at radius 2 is 2.13 bits per heavy atom. The van der Waals surface area contributed by atoms with E-state index in [0.717, 1.165) is 6.42 Å². The molecule has 15 heavy (non-hydrogen) atoms. The van der Waals surface area contributed by atoms with Crippen LogP contribution >= 0.6 is 11.3 Å². The van der Waals surface area contributed by atoms with Gasteiger partial charge >= 0.3 is 0 Å². The van der Waals surface area contributed by atoms with Crippen molar-refractivity contribution in [2.45, 2.75) is 19.4 Å². The molecule has 0 saturated carbocycles. The molecular formula is C13H15NS. The van der Waals surface area contributed by atoms with Crippen molar-refractivity contribution in [3.05, 3.63) is 47.3 Å². The Morgan fingerprint density at radius 1 is 1.27 bits per heavy atom. The van der Waals surface area contributed by atoms with E-state index >= 15 is 0 Å². The molecule has 1 aromatic heterocycles. The Labute approximate surface area is 94.6 Å². The fourth-order valence-electron chi connectivity index (χ4n) is 1.67. The Bertz CT molecular complexity index is 418. The predicted octanol–water partition coefficient (Wildman–Crippen LogP) is 3.30. The summed E-state index contributed by atoms with van der Waals surface area (Å²) in [4.78, 5) is 1.32. The van der Waals surface area contributed by atoms with Crippen LogP contribution < -0.4 is 5.73 Å². The smallest absolute Gasteiger partial charge is 0.0342 e. The molecule has 78 valence electrons. The summed E-state index contributed by atoms with van der Waals surface area (Å²) in [6, 6.07) is 13.1. The number of thiophene rings is 1. The van der Waals surface area contributed by atoms with Crippen LogP contribution in [0.5, 0.6) is 0 Å². The molecule has 1 nitrogen and oxygen atoms in total. The molecule has 0 aliphatic heterocycles. The minimum absolute atomic E-state index is 0.226. The number of benzene rings is 1. The van der Waals surface area contributed by atoms with E-state index in [4.69, 9.17) is 5.73 Å². The lowest BCUT2D eigenvalue weighted by atomic mass is 10.0. The third-order valence-corrected chi connectivity index (χ3v) is 3.21. The van der Waals surface area contributed by atoms with Crippen LogP contribution in [0.15, 0.2) is 41.8 Å². The molecule has 2 heteroatoms. The van der Waals surface area contributed by atoms with Crippen LogP contribution in [0.25, 0.3) is 10.4 Å². The topological polar surface area (TPSA) is 26.0 Å². The third-order valence-electron chi connectivity index (χ3n) is 2.29. The van der Waals surface area contributed by atoms with Gasteiger partial charge in [0, 0.05) is 10.9 Å². The fraction of sp³-hybridized carbons (Fsp3) is 0.231. The first kappa shape index (κ1) is 10.4. The van der Waals surface area contributed by atoms with Crippen LogP contribution in [0.4, 0.5) is 0 Å². The maximum absolute atomic E-state index is 5.80. The molecule has 0 spiro atoms. The van der Waals surface area contributed by atoms with Crippen molar-refractivity contribution >= 4 is 11.3 Å². The maximum atomic E-state index is 5.80. The van der Waals surface area contributed by atoms with Gasteiger partial charge in [-0.15, -0.1) is 11.3 Å². The highest BCUT2D eigenvalue weighted by molar-refractivity contribution is 7.13. The first-order chi connectivity index (χ1) is 7.25. The van der Waals surface area contributed by atoms with Gasteiger partial charge in [0.05, 0.1) is 0 Å². The molecule has 2 rings (SSSR count). The quantitative estimate of drug-likeness (QED) is 0.838. The van der Waals surface area contributed by atoms with Gasteiger partial charge in [-0.3, -0.25) is 0 Å². The van der Waals surface area contributed by atoms with Gasteiger partial charge in [0.25, 0.3) is 0 Å². The minimum Gasteiger partial charge on any atom is -0.328 e. The summed E-state index contributed by atoms with van der Waals surface area (Å²) in [6.07, 6.45) is 0.944. The highest BCUT2D eigenvalue weighted by Gasteiger charge is 2.01. The maximum Gasteiger partial charge on any atom is 0.0342 e. The van der Waals surface area contributed by atoms with Gasteiger partial charge in [-0.05, 0) is 35.9 Å². The van der Waals surface area contributed by atoms with Crippen LogP contribution in [0.1, 0.15) is 12.5 Å². The molecule has 2 aromatic rings. The highest BCUT2D eigenvalue weighted by Crippen LogP contribution is 2.25. The second-order valence-electron chi connectivity index (χ2n) is 3.86. The van der Waals surface area contributed by atoms with Crippen molar-refractivity contribution in [3.8, 4) is 10.4 Å². The SMILES string of the molecule is CC(N)Cc1cccc(-c2cccs2)c1. The number of hydrogen-bond donors (Lipinski definition) is 1. The number of rotatable bonds is 3. The van der Waals surface area contributed by atoms with Gasteiger partial charge in [0.15, 0.2) is 0 Å². The van der Waals surface area contributed by atoms with Crippen molar-refractivity contribution in [3.63, 3.8) is 0 Å². The van der Waals surface area contributed by atoms with Gasteiger partial charge in [-0.25, -0.2) is 0 Å². The molecule has 1 unspecified atom stereocenters. The van der Waals surface area contributed by atoms with Crippen molar-refractivity contribution in [2.75, 3.05) is 0 Å². The van der Waals surface area contributed by atoms with Crippen LogP contribution in [0.2, 0.25) is 0 Å². The lowest BCUT2D eigenvalue weighted by Crippen LogP contribution is -2.17. The second kappa shape index (κ2) is 4.60. The van der Waals surface area contributed by atoms with Gasteiger partial charge < -0.3 is 5.73 Å². The van der Waals surface area contributed by atoms with Crippen molar-refractivity contribution in [1.29, 1.82) is 0 Å². The number of nitrogens with two attached hydrogens (primary N) is 1.